The highest BCUT2D eigenvalue weighted by Gasteiger charge is 2.31. The number of amides is 1. The third-order valence-corrected chi connectivity index (χ3v) is 3.86. The van der Waals surface area contributed by atoms with Crippen molar-refractivity contribution in [3.05, 3.63) is 47.5 Å². The van der Waals surface area contributed by atoms with Crippen LogP contribution in [-0.4, -0.2) is 26.7 Å². The van der Waals surface area contributed by atoms with Crippen molar-refractivity contribution in [2.24, 2.45) is 0 Å². The standard InChI is InChI=1S/C20H22F3NO4/c1-4-9-28-16-8-6-14(20(21,22)23)12-15(16)24-19(25)11-13-5-7-17(26-2)18(10-13)27-3/h5-8,10,12H,4,9,11H2,1-3H3,(H,24,25). The molecule has 0 spiro atoms. The lowest BCUT2D eigenvalue weighted by atomic mass is 10.1. The van der Waals surface area contributed by atoms with E-state index >= 15 is 0 Å². The average molecular weight is 397 g/mol. The van der Waals surface area contributed by atoms with E-state index in [0.29, 0.717) is 30.1 Å². The first kappa shape index (κ1) is 21.4. The van der Waals surface area contributed by atoms with Crippen LogP contribution in [0, 0.1) is 0 Å². The lowest BCUT2D eigenvalue weighted by Gasteiger charge is -2.15. The van der Waals surface area contributed by atoms with Gasteiger partial charge in [-0.15, -0.1) is 0 Å². The fraction of sp³-hybridized carbons (Fsp3) is 0.350. The predicted molar refractivity (Wildman–Crippen MR) is 99.1 cm³/mol. The fourth-order valence-corrected chi connectivity index (χ4v) is 2.51. The molecule has 0 aliphatic heterocycles. The smallest absolute Gasteiger partial charge is 0.416 e. The Kier molecular flexibility index (Phi) is 7.14. The first-order valence-corrected chi connectivity index (χ1v) is 8.63. The van der Waals surface area contributed by atoms with Gasteiger partial charge in [0.05, 0.1) is 38.5 Å². The van der Waals surface area contributed by atoms with E-state index in [1.54, 1.807) is 18.2 Å². The molecule has 1 N–H and O–H groups in total. The highest BCUT2D eigenvalue weighted by Crippen LogP contribution is 2.35. The summed E-state index contributed by atoms with van der Waals surface area (Å²) in [5, 5.41) is 2.51. The second-order valence-corrected chi connectivity index (χ2v) is 5.97. The van der Waals surface area contributed by atoms with Gasteiger partial charge in [-0.3, -0.25) is 4.79 Å². The molecule has 5 nitrogen and oxygen atoms in total. The molecule has 0 unspecified atom stereocenters. The maximum absolute atomic E-state index is 13.0. The van der Waals surface area contributed by atoms with Crippen LogP contribution in [0.2, 0.25) is 0 Å². The van der Waals surface area contributed by atoms with E-state index in [9.17, 15) is 18.0 Å². The van der Waals surface area contributed by atoms with Gasteiger partial charge in [0, 0.05) is 0 Å². The maximum Gasteiger partial charge on any atom is 0.416 e. The van der Waals surface area contributed by atoms with Crippen molar-refractivity contribution in [2.45, 2.75) is 25.9 Å². The second kappa shape index (κ2) is 9.34. The first-order valence-electron chi connectivity index (χ1n) is 8.63. The monoisotopic (exact) mass is 397 g/mol. The van der Waals surface area contributed by atoms with Crippen LogP contribution in [0.3, 0.4) is 0 Å². The largest absolute Gasteiger partial charge is 0.493 e. The lowest BCUT2D eigenvalue weighted by molar-refractivity contribution is -0.137. The van der Waals surface area contributed by atoms with Crippen LogP contribution in [0.4, 0.5) is 18.9 Å². The number of ether oxygens (including phenoxy) is 3. The summed E-state index contributed by atoms with van der Waals surface area (Å²) in [6, 6.07) is 7.99. The molecule has 1 amide bonds. The zero-order valence-corrected chi connectivity index (χ0v) is 15.9. The summed E-state index contributed by atoms with van der Waals surface area (Å²) in [4.78, 5) is 12.4. The highest BCUT2D eigenvalue weighted by molar-refractivity contribution is 5.94. The number of hydrogen-bond donors (Lipinski definition) is 1. The van der Waals surface area contributed by atoms with Gasteiger partial charge in [0.25, 0.3) is 0 Å². The number of halogens is 3. The quantitative estimate of drug-likeness (QED) is 0.702. The summed E-state index contributed by atoms with van der Waals surface area (Å²) < 4.78 is 54.8. The molecule has 0 saturated heterocycles. The van der Waals surface area contributed by atoms with E-state index in [4.69, 9.17) is 14.2 Å². The third kappa shape index (κ3) is 5.55. The molecule has 8 heteroatoms. The van der Waals surface area contributed by atoms with Crippen LogP contribution in [0.5, 0.6) is 17.2 Å². The Hall–Kier alpha value is -2.90. The minimum Gasteiger partial charge on any atom is -0.493 e. The molecule has 0 aliphatic carbocycles. The van der Waals surface area contributed by atoms with Gasteiger partial charge in [-0.2, -0.15) is 13.2 Å². The number of methoxy groups -OCH3 is 2. The van der Waals surface area contributed by atoms with Gasteiger partial charge in [0.15, 0.2) is 11.5 Å². The van der Waals surface area contributed by atoms with Gasteiger partial charge in [-0.1, -0.05) is 13.0 Å². The molecule has 0 radical (unpaired) electrons. The Labute approximate surface area is 161 Å². The van der Waals surface area contributed by atoms with Crippen molar-refractivity contribution in [1.29, 1.82) is 0 Å². The van der Waals surface area contributed by atoms with Gasteiger partial charge >= 0.3 is 6.18 Å². The van der Waals surface area contributed by atoms with Crippen molar-refractivity contribution >= 4 is 11.6 Å². The molecule has 0 aromatic heterocycles. The first-order chi connectivity index (χ1) is 13.3. The zero-order valence-electron chi connectivity index (χ0n) is 15.9. The second-order valence-electron chi connectivity index (χ2n) is 5.97. The van der Waals surface area contributed by atoms with Gasteiger partial charge in [-0.25, -0.2) is 0 Å². The molecule has 152 valence electrons. The van der Waals surface area contributed by atoms with Crippen LogP contribution in [-0.2, 0) is 17.4 Å². The number of rotatable bonds is 8. The molecule has 0 bridgehead atoms. The summed E-state index contributed by atoms with van der Waals surface area (Å²) in [5.74, 6) is 0.682. The van der Waals surface area contributed by atoms with Gasteiger partial charge < -0.3 is 19.5 Å². The average Bonchev–Trinajstić information content (AvgIpc) is 2.66. The summed E-state index contributed by atoms with van der Waals surface area (Å²) >= 11 is 0. The summed E-state index contributed by atoms with van der Waals surface area (Å²) in [7, 11) is 2.97. The molecule has 2 aromatic carbocycles. The Bertz CT molecular complexity index is 822. The summed E-state index contributed by atoms with van der Waals surface area (Å²) in [6.07, 6.45) is -3.89. The Balaban J connectivity index is 2.21. The van der Waals surface area contributed by atoms with Crippen molar-refractivity contribution in [3.63, 3.8) is 0 Å². The fourth-order valence-electron chi connectivity index (χ4n) is 2.51. The Morgan fingerprint density at radius 1 is 1.00 bits per heavy atom. The number of alkyl halides is 3. The van der Waals surface area contributed by atoms with E-state index in [-0.39, 0.29) is 17.9 Å². The molecule has 0 saturated carbocycles. The number of anilines is 1. The normalized spacial score (nSPS) is 11.1. The molecule has 0 aliphatic rings. The highest BCUT2D eigenvalue weighted by atomic mass is 19.4. The number of carbonyl (C=O) groups is 1. The number of benzene rings is 2. The van der Waals surface area contributed by atoms with E-state index < -0.39 is 17.6 Å². The van der Waals surface area contributed by atoms with Crippen LogP contribution >= 0.6 is 0 Å². The number of nitrogens with one attached hydrogen (secondary N) is 1. The minimum atomic E-state index is -4.52. The van der Waals surface area contributed by atoms with Crippen LogP contribution < -0.4 is 19.5 Å². The Morgan fingerprint density at radius 3 is 2.29 bits per heavy atom. The van der Waals surface area contributed by atoms with Crippen molar-refractivity contribution in [1.82, 2.24) is 0 Å². The van der Waals surface area contributed by atoms with Crippen LogP contribution in [0.15, 0.2) is 36.4 Å². The number of hydrogen-bond acceptors (Lipinski definition) is 4. The summed E-state index contributed by atoms with van der Waals surface area (Å²) in [6.45, 7) is 2.20. The lowest BCUT2D eigenvalue weighted by Crippen LogP contribution is -2.16. The van der Waals surface area contributed by atoms with Crippen molar-refractivity contribution < 1.29 is 32.2 Å². The molecule has 2 aromatic rings. The zero-order chi connectivity index (χ0) is 20.7. The molecule has 28 heavy (non-hydrogen) atoms. The van der Waals surface area contributed by atoms with Crippen LogP contribution in [0.25, 0.3) is 0 Å². The van der Waals surface area contributed by atoms with E-state index in [2.05, 4.69) is 5.32 Å². The molecule has 2 rings (SSSR count). The van der Waals surface area contributed by atoms with Crippen molar-refractivity contribution in [3.8, 4) is 17.2 Å². The van der Waals surface area contributed by atoms with Crippen molar-refractivity contribution in [2.75, 3.05) is 26.1 Å². The Morgan fingerprint density at radius 2 is 1.68 bits per heavy atom. The van der Waals surface area contributed by atoms with E-state index in [1.165, 1.54) is 20.3 Å². The van der Waals surface area contributed by atoms with Gasteiger partial charge in [-0.05, 0) is 42.3 Å². The molecular weight excluding hydrogens is 375 g/mol. The molecule has 0 fully saturated rings. The predicted octanol–water partition coefficient (Wildman–Crippen LogP) is 4.69. The van der Waals surface area contributed by atoms with Crippen LogP contribution in [0.1, 0.15) is 24.5 Å². The number of carbonyl (C=O) groups excluding carboxylic acids is 1. The minimum absolute atomic E-state index is 0.0197. The topological polar surface area (TPSA) is 56.8 Å². The van der Waals surface area contributed by atoms with E-state index in [1.807, 2.05) is 6.92 Å². The molecule has 0 atom stereocenters. The maximum atomic E-state index is 13.0. The van der Waals surface area contributed by atoms with Gasteiger partial charge in [0.2, 0.25) is 5.91 Å². The van der Waals surface area contributed by atoms with E-state index in [0.717, 1.165) is 12.1 Å². The summed E-state index contributed by atoms with van der Waals surface area (Å²) in [5.41, 5.74) is -0.260. The van der Waals surface area contributed by atoms with Gasteiger partial charge in [0.1, 0.15) is 5.75 Å². The third-order valence-electron chi connectivity index (χ3n) is 3.86. The SMILES string of the molecule is CCCOc1ccc(C(F)(F)F)cc1NC(=O)Cc1ccc(OC)c(OC)c1. The molecular formula is C20H22F3NO4. The molecule has 0 heterocycles.